The fraction of sp³-hybridized carbons (Fsp3) is 0.200. The third kappa shape index (κ3) is 3.92. The molecule has 0 saturated heterocycles. The molecule has 7 nitrogen and oxygen atoms in total. The number of hydrogen-bond donors (Lipinski definition) is 2. The van der Waals surface area contributed by atoms with Crippen LogP contribution in [0, 0.1) is 0 Å². The lowest BCUT2D eigenvalue weighted by Crippen LogP contribution is -2.38. The Bertz CT molecular complexity index is 755. The highest BCUT2D eigenvalue weighted by atomic mass is 32.1. The Morgan fingerprint density at radius 2 is 2.13 bits per heavy atom. The quantitative estimate of drug-likeness (QED) is 0.749. The van der Waals surface area contributed by atoms with Crippen LogP contribution in [0.25, 0.3) is 0 Å². The number of rotatable bonds is 5. The highest BCUT2D eigenvalue weighted by Gasteiger charge is 2.19. The maximum Gasteiger partial charge on any atom is 0.316 e. The Labute approximate surface area is 137 Å². The van der Waals surface area contributed by atoms with Crippen LogP contribution in [0.1, 0.15) is 22.4 Å². The number of thiazole rings is 1. The lowest BCUT2D eigenvalue weighted by atomic mass is 10.1. The van der Waals surface area contributed by atoms with Gasteiger partial charge in [0, 0.05) is 18.6 Å². The number of aryl methyl sites for hydroxylation is 1. The summed E-state index contributed by atoms with van der Waals surface area (Å²) in [4.78, 5) is 20.6. The van der Waals surface area contributed by atoms with Gasteiger partial charge in [0.2, 0.25) is 0 Å². The number of benzene rings is 1. The van der Waals surface area contributed by atoms with Gasteiger partial charge in [0.1, 0.15) is 17.4 Å². The zero-order chi connectivity index (χ0) is 16.1. The molecule has 1 aromatic carbocycles. The molecule has 0 spiro atoms. The molecule has 118 valence electrons. The Kier molecular flexibility index (Phi) is 4.62. The molecule has 0 aliphatic heterocycles. The molecular formula is C15H16N6OS. The van der Waals surface area contributed by atoms with Crippen molar-refractivity contribution in [2.75, 3.05) is 0 Å². The number of urea groups is 1. The van der Waals surface area contributed by atoms with Gasteiger partial charge in [-0.3, -0.25) is 4.68 Å². The number of amides is 2. The number of carbonyl (C=O) groups excluding carboxylic acids is 1. The first-order valence-corrected chi connectivity index (χ1v) is 7.93. The molecule has 0 radical (unpaired) electrons. The third-order valence-electron chi connectivity index (χ3n) is 3.16. The van der Waals surface area contributed by atoms with E-state index in [-0.39, 0.29) is 18.6 Å². The molecule has 2 amide bonds. The topological polar surface area (TPSA) is 84.7 Å². The fourth-order valence-electron chi connectivity index (χ4n) is 2.12. The molecule has 3 rings (SSSR count). The average Bonchev–Trinajstić information content (AvgIpc) is 3.23. The molecule has 2 aromatic heterocycles. The summed E-state index contributed by atoms with van der Waals surface area (Å²) in [7, 11) is 1.78. The van der Waals surface area contributed by atoms with E-state index >= 15 is 0 Å². The van der Waals surface area contributed by atoms with Crippen LogP contribution in [0.4, 0.5) is 4.79 Å². The Morgan fingerprint density at radius 1 is 1.30 bits per heavy atom. The Morgan fingerprint density at radius 3 is 2.78 bits per heavy atom. The predicted octanol–water partition coefficient (Wildman–Crippen LogP) is 1.86. The van der Waals surface area contributed by atoms with Gasteiger partial charge in [0.15, 0.2) is 5.82 Å². The zero-order valence-electron chi connectivity index (χ0n) is 12.5. The molecule has 0 unspecified atom stereocenters. The number of carbonyl (C=O) groups is 1. The number of nitrogens with zero attached hydrogens (tertiary/aromatic N) is 4. The van der Waals surface area contributed by atoms with Crippen LogP contribution in [0.3, 0.4) is 0 Å². The SMILES string of the molecule is Cn1cnc(CNC(=O)N[C@@H](c2ccccc2)c2nccs2)n1. The summed E-state index contributed by atoms with van der Waals surface area (Å²) >= 11 is 1.50. The van der Waals surface area contributed by atoms with Crippen molar-refractivity contribution in [2.24, 2.45) is 7.05 Å². The normalized spacial score (nSPS) is 11.9. The maximum absolute atomic E-state index is 12.2. The van der Waals surface area contributed by atoms with Crippen LogP contribution in [0.15, 0.2) is 48.2 Å². The molecule has 0 aliphatic rings. The molecule has 8 heteroatoms. The van der Waals surface area contributed by atoms with Crippen LogP contribution in [0.2, 0.25) is 0 Å². The van der Waals surface area contributed by atoms with Gasteiger partial charge >= 0.3 is 6.03 Å². The van der Waals surface area contributed by atoms with Crippen molar-refractivity contribution in [3.63, 3.8) is 0 Å². The van der Waals surface area contributed by atoms with Crippen LogP contribution in [-0.2, 0) is 13.6 Å². The van der Waals surface area contributed by atoms with Crippen molar-refractivity contribution >= 4 is 17.4 Å². The van der Waals surface area contributed by atoms with Crippen molar-refractivity contribution in [2.45, 2.75) is 12.6 Å². The maximum atomic E-state index is 12.2. The molecule has 2 N–H and O–H groups in total. The Balaban J connectivity index is 1.67. The van der Waals surface area contributed by atoms with Gasteiger partial charge in [-0.2, -0.15) is 5.10 Å². The summed E-state index contributed by atoms with van der Waals surface area (Å²) in [5.41, 5.74) is 0.980. The van der Waals surface area contributed by atoms with Crippen LogP contribution < -0.4 is 10.6 Å². The smallest absolute Gasteiger partial charge is 0.316 e. The minimum atomic E-state index is -0.290. The van der Waals surface area contributed by atoms with Crippen LogP contribution in [-0.4, -0.2) is 25.8 Å². The largest absolute Gasteiger partial charge is 0.331 e. The van der Waals surface area contributed by atoms with Gasteiger partial charge in [-0.25, -0.2) is 14.8 Å². The second-order valence-corrected chi connectivity index (χ2v) is 5.80. The van der Waals surface area contributed by atoms with E-state index in [9.17, 15) is 4.79 Å². The van der Waals surface area contributed by atoms with Gasteiger partial charge < -0.3 is 10.6 Å². The monoisotopic (exact) mass is 328 g/mol. The molecule has 0 aliphatic carbocycles. The molecule has 0 bridgehead atoms. The van der Waals surface area contributed by atoms with Gasteiger partial charge in [-0.1, -0.05) is 30.3 Å². The molecule has 23 heavy (non-hydrogen) atoms. The van der Waals surface area contributed by atoms with E-state index in [0.717, 1.165) is 10.6 Å². The molecular weight excluding hydrogens is 312 g/mol. The van der Waals surface area contributed by atoms with E-state index in [1.165, 1.54) is 11.3 Å². The zero-order valence-corrected chi connectivity index (χ0v) is 13.3. The standard InChI is InChI=1S/C15H16N6OS/c1-21-10-18-12(20-21)9-17-15(22)19-13(14-16-7-8-23-14)11-5-3-2-4-6-11/h2-8,10,13H,9H2,1H3,(H2,17,19,22)/t13-/m0/s1. The van der Waals surface area contributed by atoms with E-state index in [0.29, 0.717) is 5.82 Å². The summed E-state index contributed by atoms with van der Waals surface area (Å²) in [5.74, 6) is 0.563. The first kappa shape index (κ1) is 15.2. The van der Waals surface area contributed by atoms with E-state index < -0.39 is 0 Å². The molecule has 0 fully saturated rings. The fourth-order valence-corrected chi connectivity index (χ4v) is 2.83. The van der Waals surface area contributed by atoms with E-state index in [2.05, 4.69) is 25.7 Å². The van der Waals surface area contributed by atoms with Crippen molar-refractivity contribution in [1.82, 2.24) is 30.4 Å². The number of nitrogens with one attached hydrogen (secondary N) is 2. The van der Waals surface area contributed by atoms with E-state index in [4.69, 9.17) is 0 Å². The Hall–Kier alpha value is -2.74. The summed E-state index contributed by atoms with van der Waals surface area (Å²) in [6.07, 6.45) is 3.32. The lowest BCUT2D eigenvalue weighted by molar-refractivity contribution is 0.238. The second kappa shape index (κ2) is 7.01. The summed E-state index contributed by atoms with van der Waals surface area (Å²) in [6, 6.07) is 9.17. The molecule has 0 saturated carbocycles. The third-order valence-corrected chi connectivity index (χ3v) is 4.00. The van der Waals surface area contributed by atoms with E-state index in [1.807, 2.05) is 35.7 Å². The molecule has 2 heterocycles. The first-order valence-electron chi connectivity index (χ1n) is 7.05. The van der Waals surface area contributed by atoms with E-state index in [1.54, 1.807) is 24.3 Å². The molecule has 3 aromatic rings. The van der Waals surface area contributed by atoms with Gasteiger partial charge in [-0.15, -0.1) is 11.3 Å². The first-order chi connectivity index (χ1) is 11.2. The highest BCUT2D eigenvalue weighted by Crippen LogP contribution is 2.23. The average molecular weight is 328 g/mol. The van der Waals surface area contributed by atoms with Gasteiger partial charge in [0.25, 0.3) is 0 Å². The lowest BCUT2D eigenvalue weighted by Gasteiger charge is -2.17. The minimum Gasteiger partial charge on any atom is -0.331 e. The van der Waals surface area contributed by atoms with Crippen molar-refractivity contribution in [3.8, 4) is 0 Å². The van der Waals surface area contributed by atoms with Crippen molar-refractivity contribution in [3.05, 3.63) is 64.6 Å². The van der Waals surface area contributed by atoms with Crippen LogP contribution >= 0.6 is 11.3 Å². The second-order valence-electron chi connectivity index (χ2n) is 4.88. The molecule has 1 atom stereocenters. The van der Waals surface area contributed by atoms with Gasteiger partial charge in [-0.05, 0) is 5.56 Å². The summed E-state index contributed by atoms with van der Waals surface area (Å²) in [6.45, 7) is 0.270. The van der Waals surface area contributed by atoms with Crippen LogP contribution in [0.5, 0.6) is 0 Å². The minimum absolute atomic E-state index is 0.270. The van der Waals surface area contributed by atoms with Crippen molar-refractivity contribution in [1.29, 1.82) is 0 Å². The summed E-state index contributed by atoms with van der Waals surface area (Å²) in [5, 5.41) is 12.6. The van der Waals surface area contributed by atoms with Gasteiger partial charge in [0.05, 0.1) is 6.54 Å². The number of hydrogen-bond acceptors (Lipinski definition) is 5. The van der Waals surface area contributed by atoms with Crippen molar-refractivity contribution < 1.29 is 4.79 Å². The number of aromatic nitrogens is 4. The highest BCUT2D eigenvalue weighted by molar-refractivity contribution is 7.09. The summed E-state index contributed by atoms with van der Waals surface area (Å²) < 4.78 is 1.59. The predicted molar refractivity (Wildman–Crippen MR) is 86.8 cm³/mol.